The lowest BCUT2D eigenvalue weighted by atomic mass is 10.0. The number of urea groups is 1. The lowest BCUT2D eigenvalue weighted by Crippen LogP contribution is -2.44. The maximum atomic E-state index is 14.9. The minimum Gasteiger partial charge on any atom is -0.456 e. The number of esters is 1. The number of carbonyl (C=O) groups is 3. The molecule has 0 radical (unpaired) electrons. The van der Waals surface area contributed by atoms with Crippen molar-refractivity contribution in [2.24, 2.45) is 0 Å². The van der Waals surface area contributed by atoms with E-state index in [0.717, 1.165) is 29.2 Å². The van der Waals surface area contributed by atoms with E-state index in [0.29, 0.717) is 17.4 Å². The Balaban J connectivity index is 2.02. The van der Waals surface area contributed by atoms with E-state index in [2.05, 4.69) is 0 Å². The van der Waals surface area contributed by atoms with Crippen LogP contribution in [0.4, 0.5) is 33.7 Å². The fraction of sp³-hybridized carbons (Fsp3) is 0.360. The van der Waals surface area contributed by atoms with Crippen molar-refractivity contribution < 1.29 is 36.7 Å². The highest BCUT2D eigenvalue weighted by atomic mass is 19.4. The molecule has 0 bridgehead atoms. The third kappa shape index (κ3) is 4.63. The zero-order valence-corrected chi connectivity index (χ0v) is 20.2. The molecule has 11 heteroatoms. The Morgan fingerprint density at radius 2 is 1.69 bits per heavy atom. The summed E-state index contributed by atoms with van der Waals surface area (Å²) in [5, 5.41) is 9.01. The van der Waals surface area contributed by atoms with Crippen LogP contribution in [0, 0.1) is 17.1 Å². The van der Waals surface area contributed by atoms with E-state index in [-0.39, 0.29) is 11.3 Å². The Kier molecular flexibility index (Phi) is 6.61. The number of rotatable bonds is 5. The smallest absolute Gasteiger partial charge is 0.417 e. The van der Waals surface area contributed by atoms with Crippen LogP contribution in [-0.2, 0) is 15.7 Å². The third-order valence-electron chi connectivity index (χ3n) is 6.01. The first-order valence-electron chi connectivity index (χ1n) is 10.9. The average Bonchev–Trinajstić information content (AvgIpc) is 2.95. The Morgan fingerprint density at radius 1 is 1.08 bits per heavy atom. The molecule has 2 aromatic rings. The molecule has 0 unspecified atom stereocenters. The zero-order valence-electron chi connectivity index (χ0n) is 20.2. The number of nitrogens with zero attached hydrogens (tertiary/aromatic N) is 3. The van der Waals surface area contributed by atoms with Crippen molar-refractivity contribution in [1.29, 1.82) is 5.26 Å². The van der Waals surface area contributed by atoms with Crippen molar-refractivity contribution in [1.82, 2.24) is 0 Å². The summed E-state index contributed by atoms with van der Waals surface area (Å²) < 4.78 is 60.5. The lowest BCUT2D eigenvalue weighted by molar-refractivity contribution is -0.137. The number of amides is 3. The van der Waals surface area contributed by atoms with Crippen LogP contribution in [0.15, 0.2) is 36.4 Å². The summed E-state index contributed by atoms with van der Waals surface area (Å²) in [5.74, 6) is -2.77. The molecule has 1 aliphatic heterocycles. The molecule has 1 aliphatic rings. The lowest BCUT2D eigenvalue weighted by Gasteiger charge is -2.28. The van der Waals surface area contributed by atoms with Crippen LogP contribution < -0.4 is 9.80 Å². The molecular weight excluding hydrogens is 482 g/mol. The van der Waals surface area contributed by atoms with Crippen molar-refractivity contribution in [2.45, 2.75) is 58.4 Å². The molecule has 7 nitrogen and oxygen atoms in total. The maximum Gasteiger partial charge on any atom is 0.417 e. The number of hydrogen-bond donors (Lipinski definition) is 0. The summed E-state index contributed by atoms with van der Waals surface area (Å²) in [6, 6.07) is 6.11. The van der Waals surface area contributed by atoms with E-state index in [4.69, 9.17) is 10.00 Å². The van der Waals surface area contributed by atoms with Gasteiger partial charge in [0.1, 0.15) is 17.0 Å². The van der Waals surface area contributed by atoms with Gasteiger partial charge in [0.25, 0.3) is 5.91 Å². The summed E-state index contributed by atoms with van der Waals surface area (Å²) in [5.41, 5.74) is -5.28. The minimum atomic E-state index is -4.90. The maximum absolute atomic E-state index is 14.9. The Bertz CT molecular complexity index is 1300. The number of imide groups is 1. The van der Waals surface area contributed by atoms with Gasteiger partial charge < -0.3 is 4.74 Å². The van der Waals surface area contributed by atoms with Gasteiger partial charge in [-0.15, -0.1) is 0 Å². The fourth-order valence-electron chi connectivity index (χ4n) is 3.65. The van der Waals surface area contributed by atoms with Gasteiger partial charge in [0.2, 0.25) is 0 Å². The second-order valence-corrected chi connectivity index (χ2v) is 9.32. The molecule has 0 aliphatic carbocycles. The third-order valence-corrected chi connectivity index (χ3v) is 6.01. The summed E-state index contributed by atoms with van der Waals surface area (Å²) in [6.45, 7) is 7.82. The number of nitriles is 1. The normalized spacial score (nSPS) is 15.8. The van der Waals surface area contributed by atoms with Crippen LogP contribution >= 0.6 is 0 Å². The van der Waals surface area contributed by atoms with Crippen LogP contribution in [0.2, 0.25) is 0 Å². The highest BCUT2D eigenvalue weighted by Gasteiger charge is 2.53. The zero-order chi connectivity index (χ0) is 27.2. The van der Waals surface area contributed by atoms with Gasteiger partial charge in [-0.05, 0) is 70.5 Å². The van der Waals surface area contributed by atoms with Gasteiger partial charge in [-0.25, -0.2) is 18.9 Å². The Morgan fingerprint density at radius 3 is 2.22 bits per heavy atom. The summed E-state index contributed by atoms with van der Waals surface area (Å²) in [4.78, 5) is 40.3. The van der Waals surface area contributed by atoms with Gasteiger partial charge in [0.15, 0.2) is 0 Å². The van der Waals surface area contributed by atoms with Crippen molar-refractivity contribution in [3.8, 4) is 6.07 Å². The fourth-order valence-corrected chi connectivity index (χ4v) is 3.65. The largest absolute Gasteiger partial charge is 0.456 e. The monoisotopic (exact) mass is 505 g/mol. The first kappa shape index (κ1) is 26.7. The van der Waals surface area contributed by atoms with Crippen molar-refractivity contribution >= 4 is 29.3 Å². The molecular formula is C25H23F4N3O4. The van der Waals surface area contributed by atoms with Crippen molar-refractivity contribution in [3.63, 3.8) is 0 Å². The average molecular weight is 505 g/mol. The molecule has 0 spiro atoms. The molecule has 0 N–H and O–H groups in total. The van der Waals surface area contributed by atoms with E-state index in [1.807, 2.05) is 0 Å². The van der Waals surface area contributed by atoms with Gasteiger partial charge in [-0.2, -0.15) is 18.4 Å². The topological polar surface area (TPSA) is 90.7 Å². The van der Waals surface area contributed by atoms with Gasteiger partial charge in [-0.1, -0.05) is 6.92 Å². The van der Waals surface area contributed by atoms with E-state index in [9.17, 15) is 31.9 Å². The van der Waals surface area contributed by atoms with E-state index in [1.165, 1.54) is 26.0 Å². The number of benzene rings is 2. The second kappa shape index (κ2) is 8.93. The molecule has 0 atom stereocenters. The van der Waals surface area contributed by atoms with Gasteiger partial charge >= 0.3 is 18.2 Å². The SMILES string of the molecule is CCC(C)(C)OC(=O)c1ccc(N2C(=O)N(c3ccc(C#N)c(C(F)(F)F)c3)C(=O)C2(C)C)cc1F. The van der Waals surface area contributed by atoms with E-state index >= 15 is 0 Å². The van der Waals surface area contributed by atoms with Gasteiger partial charge in [-0.3, -0.25) is 9.69 Å². The standard InChI is InChI=1S/C25H23F4N3O4/c1-6-23(2,3)36-20(33)17-10-9-16(12-19(17)26)32-22(35)31(21(34)24(32,4)5)15-8-7-14(13-30)18(11-15)25(27,28)29/h7-12H,6H2,1-5H3. The number of carbonyl (C=O) groups excluding carboxylic acids is 3. The molecule has 190 valence electrons. The van der Waals surface area contributed by atoms with Crippen molar-refractivity contribution in [2.75, 3.05) is 9.80 Å². The molecule has 36 heavy (non-hydrogen) atoms. The Labute approximate surface area is 204 Å². The van der Waals surface area contributed by atoms with Gasteiger partial charge in [0, 0.05) is 5.69 Å². The minimum absolute atomic E-state index is 0.0886. The second-order valence-electron chi connectivity index (χ2n) is 9.32. The highest BCUT2D eigenvalue weighted by molar-refractivity contribution is 6.30. The van der Waals surface area contributed by atoms with Crippen LogP contribution in [0.5, 0.6) is 0 Å². The van der Waals surface area contributed by atoms with Crippen LogP contribution in [-0.4, -0.2) is 29.0 Å². The molecule has 3 amide bonds. The number of halogens is 4. The molecule has 1 heterocycles. The summed E-state index contributed by atoms with van der Waals surface area (Å²) in [7, 11) is 0. The molecule has 1 saturated heterocycles. The summed E-state index contributed by atoms with van der Waals surface area (Å²) >= 11 is 0. The highest BCUT2D eigenvalue weighted by Crippen LogP contribution is 2.39. The van der Waals surface area contributed by atoms with E-state index in [1.54, 1.807) is 20.8 Å². The first-order chi connectivity index (χ1) is 16.5. The van der Waals surface area contributed by atoms with E-state index < -0.39 is 57.9 Å². The van der Waals surface area contributed by atoms with Crippen molar-refractivity contribution in [3.05, 3.63) is 58.9 Å². The molecule has 0 saturated carbocycles. The summed E-state index contributed by atoms with van der Waals surface area (Å²) in [6.07, 6.45) is -4.42. The molecule has 1 fully saturated rings. The quantitative estimate of drug-likeness (QED) is 0.290. The molecule has 2 aromatic carbocycles. The van der Waals surface area contributed by atoms with Crippen LogP contribution in [0.3, 0.4) is 0 Å². The Hall–Kier alpha value is -3.94. The first-order valence-corrected chi connectivity index (χ1v) is 10.9. The van der Waals surface area contributed by atoms with Crippen LogP contribution in [0.1, 0.15) is 62.5 Å². The predicted molar refractivity (Wildman–Crippen MR) is 122 cm³/mol. The number of hydrogen-bond acceptors (Lipinski definition) is 5. The van der Waals surface area contributed by atoms with Gasteiger partial charge in [0.05, 0.1) is 28.4 Å². The van der Waals surface area contributed by atoms with Crippen LogP contribution in [0.25, 0.3) is 0 Å². The number of alkyl halides is 3. The number of anilines is 2. The molecule has 0 aromatic heterocycles. The molecule has 3 rings (SSSR count). The number of ether oxygens (including phenoxy) is 1. The predicted octanol–water partition coefficient (Wildman–Crippen LogP) is 5.81.